The Morgan fingerprint density at radius 3 is 2.56 bits per heavy atom. The average Bonchev–Trinajstić information content (AvgIpc) is 3.12. The van der Waals surface area contributed by atoms with Crippen molar-refractivity contribution in [3.63, 3.8) is 0 Å². The van der Waals surface area contributed by atoms with Crippen LogP contribution in [0.25, 0.3) is 0 Å². The molecule has 1 saturated carbocycles. The number of carboxylic acid groups (broad SMARTS) is 1. The van der Waals surface area contributed by atoms with E-state index < -0.39 is 20.4 Å². The summed E-state index contributed by atoms with van der Waals surface area (Å²) in [6.07, 6.45) is 16.5. The molecule has 0 radical (unpaired) electrons. The highest BCUT2D eigenvalue weighted by atomic mass is 35.5. The fourth-order valence-corrected chi connectivity index (χ4v) is 7.17. The number of hydrogen-bond acceptors (Lipinski definition) is 5. The molecule has 2 fully saturated rings. The van der Waals surface area contributed by atoms with Crippen LogP contribution in [-0.4, -0.2) is 61.1 Å². The van der Waals surface area contributed by atoms with Gasteiger partial charge in [0.05, 0.1) is 12.2 Å². The van der Waals surface area contributed by atoms with Crippen LogP contribution in [0.2, 0.25) is 18.1 Å². The molecule has 1 saturated heterocycles. The number of alkyl halides is 1. The molecule has 2 aliphatic rings. The monoisotopic (exact) mass is 586 g/mol. The molecule has 1 unspecified atom stereocenters. The summed E-state index contributed by atoms with van der Waals surface area (Å²) in [5.74, 6) is -0.471. The van der Waals surface area contributed by atoms with Crippen molar-refractivity contribution in [2.24, 2.45) is 11.8 Å². The molecule has 2 rings (SSSR count). The Morgan fingerprint density at radius 2 is 1.92 bits per heavy atom. The van der Waals surface area contributed by atoms with Crippen molar-refractivity contribution in [1.82, 2.24) is 0 Å². The van der Waals surface area contributed by atoms with Crippen LogP contribution in [0.4, 0.5) is 0 Å². The minimum Gasteiger partial charge on any atom is -0.481 e. The van der Waals surface area contributed by atoms with Gasteiger partial charge in [0, 0.05) is 30.4 Å². The number of rotatable bonds is 16. The topological polar surface area (TPSA) is 85.2 Å². The summed E-state index contributed by atoms with van der Waals surface area (Å²) in [5.41, 5.74) is 0. The lowest BCUT2D eigenvalue weighted by Crippen LogP contribution is -2.43. The molecule has 7 atom stereocenters. The first-order valence-electron chi connectivity index (χ1n) is 15.1. The summed E-state index contributed by atoms with van der Waals surface area (Å²) < 4.78 is 18.7. The lowest BCUT2D eigenvalue weighted by molar-refractivity contribution is -0.192. The maximum atomic E-state index is 10.8. The van der Waals surface area contributed by atoms with Gasteiger partial charge in [-0.3, -0.25) is 4.79 Å². The third-order valence-corrected chi connectivity index (χ3v) is 13.7. The number of aliphatic carboxylic acids is 1. The van der Waals surface area contributed by atoms with Crippen LogP contribution in [0.5, 0.6) is 0 Å². The summed E-state index contributed by atoms with van der Waals surface area (Å²) in [7, 11) is -1.79. The fraction of sp³-hybridized carbons (Fsp3) is 0.839. The van der Waals surface area contributed by atoms with Gasteiger partial charge in [-0.25, -0.2) is 0 Å². The number of allylic oxidation sites excluding steroid dienone is 2. The van der Waals surface area contributed by atoms with Gasteiger partial charge >= 0.3 is 5.97 Å². The quantitative estimate of drug-likeness (QED) is 0.0829. The lowest BCUT2D eigenvalue weighted by atomic mass is 9.90. The van der Waals surface area contributed by atoms with E-state index in [1.807, 2.05) is 6.08 Å². The average molecular weight is 587 g/mol. The first-order valence-corrected chi connectivity index (χ1v) is 18.5. The van der Waals surface area contributed by atoms with E-state index >= 15 is 0 Å². The number of hydrogen-bond donors (Lipinski definition) is 2. The van der Waals surface area contributed by atoms with Crippen LogP contribution in [0.1, 0.15) is 98.3 Å². The second-order valence-electron chi connectivity index (χ2n) is 13.0. The minimum atomic E-state index is -1.79. The number of carbonyl (C=O) groups is 1. The van der Waals surface area contributed by atoms with E-state index in [0.29, 0.717) is 12.8 Å². The number of aliphatic hydroxyl groups is 1. The number of unbranched alkanes of at least 4 members (excludes halogenated alkanes) is 1. The van der Waals surface area contributed by atoms with Crippen molar-refractivity contribution in [1.29, 1.82) is 0 Å². The van der Waals surface area contributed by atoms with Crippen molar-refractivity contribution in [2.45, 2.75) is 146 Å². The molecular formula is C31H55ClO6Si. The van der Waals surface area contributed by atoms with Crippen LogP contribution in [0.15, 0.2) is 24.3 Å². The van der Waals surface area contributed by atoms with Gasteiger partial charge in [-0.2, -0.15) is 0 Å². The van der Waals surface area contributed by atoms with E-state index in [4.69, 9.17) is 30.6 Å². The largest absolute Gasteiger partial charge is 0.481 e. The Morgan fingerprint density at radius 1 is 1.18 bits per heavy atom. The third kappa shape index (κ3) is 12.4. The Balaban J connectivity index is 1.94. The van der Waals surface area contributed by atoms with Gasteiger partial charge in [0.15, 0.2) is 14.6 Å². The van der Waals surface area contributed by atoms with Gasteiger partial charge < -0.3 is 24.1 Å². The van der Waals surface area contributed by atoms with Crippen molar-refractivity contribution >= 4 is 25.9 Å². The molecule has 0 aromatic carbocycles. The standard InChI is InChI=1S/C31H55ClO6Si/c1-23(38-39(5,6)31(2,3)4)14-13-15-24(33)19-20-26-25(16-9-7-8-10-17-29(34)35)27(32)22-28(26)37-30-18-11-12-21-36-30/h7,9,19-20,23-28,30,33H,8,10-18,21-22H2,1-6H3,(H,34,35)/b9-7+,20-19+/t23-,24+,25-,26-,27-,28-,30?/m1/s1. The van der Waals surface area contributed by atoms with E-state index in [2.05, 4.69) is 59.0 Å². The Hall–Kier alpha value is -0.703. The molecule has 226 valence electrons. The molecule has 0 aromatic heterocycles. The summed E-state index contributed by atoms with van der Waals surface area (Å²) in [4.78, 5) is 10.7. The number of halogens is 1. The van der Waals surface area contributed by atoms with E-state index in [1.54, 1.807) is 0 Å². The van der Waals surface area contributed by atoms with Gasteiger partial charge in [-0.05, 0) is 95.2 Å². The molecule has 1 aliphatic heterocycles. The molecule has 0 amide bonds. The molecule has 0 aromatic rings. The van der Waals surface area contributed by atoms with Gasteiger partial charge in [-0.1, -0.05) is 45.1 Å². The molecule has 1 aliphatic carbocycles. The van der Waals surface area contributed by atoms with Crippen LogP contribution in [-0.2, 0) is 18.7 Å². The number of aliphatic hydroxyl groups excluding tert-OH is 1. The number of carboxylic acids is 1. The second kappa shape index (κ2) is 16.7. The SMILES string of the molecule is C[C@H](CCC[C@H](O)/C=C/[C@@H]1[C@@H](C/C=C/CCCC(=O)O)[C@H](Cl)C[C@H]1OC1CCCCO1)O[Si](C)(C)C(C)(C)C. The molecule has 0 spiro atoms. The smallest absolute Gasteiger partial charge is 0.303 e. The first-order chi connectivity index (χ1) is 18.3. The Kier molecular flexibility index (Phi) is 14.7. The van der Waals surface area contributed by atoms with Gasteiger partial charge in [0.1, 0.15) is 0 Å². The van der Waals surface area contributed by atoms with E-state index in [9.17, 15) is 9.90 Å². The number of ether oxygens (including phenoxy) is 2. The van der Waals surface area contributed by atoms with Gasteiger partial charge in [-0.15, -0.1) is 11.6 Å². The maximum Gasteiger partial charge on any atom is 0.303 e. The lowest BCUT2D eigenvalue weighted by Gasteiger charge is -2.38. The van der Waals surface area contributed by atoms with Crippen molar-refractivity contribution in [3.8, 4) is 0 Å². The van der Waals surface area contributed by atoms with Crippen molar-refractivity contribution in [2.75, 3.05) is 6.61 Å². The zero-order valence-electron chi connectivity index (χ0n) is 25.2. The maximum absolute atomic E-state index is 10.8. The highest BCUT2D eigenvalue weighted by Gasteiger charge is 2.42. The molecule has 39 heavy (non-hydrogen) atoms. The first kappa shape index (κ1) is 34.5. The highest BCUT2D eigenvalue weighted by Crippen LogP contribution is 2.42. The Bertz CT molecular complexity index is 774. The summed E-state index contributed by atoms with van der Waals surface area (Å²) >= 11 is 6.85. The van der Waals surface area contributed by atoms with Crippen LogP contribution in [0, 0.1) is 11.8 Å². The predicted molar refractivity (Wildman–Crippen MR) is 162 cm³/mol. The van der Waals surface area contributed by atoms with E-state index in [1.165, 1.54) is 0 Å². The molecule has 1 heterocycles. The molecule has 0 bridgehead atoms. The molecule has 2 N–H and O–H groups in total. The van der Waals surface area contributed by atoms with Gasteiger partial charge in [0.25, 0.3) is 0 Å². The Labute approximate surface area is 243 Å². The molecule has 8 heteroatoms. The van der Waals surface area contributed by atoms with Crippen LogP contribution in [0.3, 0.4) is 0 Å². The second-order valence-corrected chi connectivity index (χ2v) is 18.3. The summed E-state index contributed by atoms with van der Waals surface area (Å²) in [5, 5.41) is 19.8. The molecule has 6 nitrogen and oxygen atoms in total. The van der Waals surface area contributed by atoms with Crippen molar-refractivity contribution in [3.05, 3.63) is 24.3 Å². The van der Waals surface area contributed by atoms with Crippen LogP contribution < -0.4 is 0 Å². The molecular weight excluding hydrogens is 532 g/mol. The highest BCUT2D eigenvalue weighted by molar-refractivity contribution is 6.74. The zero-order chi connectivity index (χ0) is 29.1. The third-order valence-electron chi connectivity index (χ3n) is 8.61. The fourth-order valence-electron chi connectivity index (χ4n) is 5.25. The normalized spacial score (nSPS) is 28.4. The van der Waals surface area contributed by atoms with Crippen molar-refractivity contribution < 1.29 is 28.9 Å². The minimum absolute atomic E-state index is 0.0256. The summed E-state index contributed by atoms with van der Waals surface area (Å²) in [6, 6.07) is 0. The van der Waals surface area contributed by atoms with E-state index in [-0.39, 0.29) is 47.2 Å². The van der Waals surface area contributed by atoms with Gasteiger partial charge in [0.2, 0.25) is 0 Å². The van der Waals surface area contributed by atoms with E-state index in [0.717, 1.165) is 58.0 Å². The zero-order valence-corrected chi connectivity index (χ0v) is 27.0. The predicted octanol–water partition coefficient (Wildman–Crippen LogP) is 7.84. The summed E-state index contributed by atoms with van der Waals surface area (Å²) in [6.45, 7) is 14.2. The van der Waals surface area contributed by atoms with Crippen LogP contribution >= 0.6 is 11.6 Å².